The molecule has 4 nitrogen and oxygen atoms in total. The SMILES string of the molecule is CCC(N)Cn1ncc(C)cc1=O. The lowest BCUT2D eigenvalue weighted by atomic mass is 10.2. The summed E-state index contributed by atoms with van der Waals surface area (Å²) in [7, 11) is 0. The molecule has 1 unspecified atom stereocenters. The van der Waals surface area contributed by atoms with Crippen LogP contribution in [-0.4, -0.2) is 15.8 Å². The quantitative estimate of drug-likeness (QED) is 0.729. The maximum atomic E-state index is 11.3. The van der Waals surface area contributed by atoms with Gasteiger partial charge >= 0.3 is 0 Å². The Bertz CT molecular complexity index is 332. The molecule has 0 aliphatic carbocycles. The molecule has 0 bridgehead atoms. The van der Waals surface area contributed by atoms with E-state index in [0.29, 0.717) is 6.54 Å². The van der Waals surface area contributed by atoms with Gasteiger partial charge in [-0.25, -0.2) is 4.68 Å². The summed E-state index contributed by atoms with van der Waals surface area (Å²) in [6, 6.07) is 1.57. The van der Waals surface area contributed by atoms with Crippen molar-refractivity contribution in [2.45, 2.75) is 32.9 Å². The normalized spacial score (nSPS) is 12.8. The standard InChI is InChI=1S/C9H15N3O/c1-3-8(10)6-12-9(13)4-7(2)5-11-12/h4-5,8H,3,6,10H2,1-2H3. The van der Waals surface area contributed by atoms with Gasteiger partial charge in [-0.2, -0.15) is 5.10 Å². The minimum atomic E-state index is -0.0797. The molecule has 4 heteroatoms. The van der Waals surface area contributed by atoms with Gasteiger partial charge in [0.1, 0.15) is 0 Å². The van der Waals surface area contributed by atoms with Crippen LogP contribution in [0, 0.1) is 6.92 Å². The topological polar surface area (TPSA) is 60.9 Å². The molecule has 1 aromatic rings. The molecule has 0 aliphatic heterocycles. The van der Waals surface area contributed by atoms with Crippen LogP contribution in [0.1, 0.15) is 18.9 Å². The lowest BCUT2D eigenvalue weighted by molar-refractivity contribution is 0.480. The first-order valence-electron chi connectivity index (χ1n) is 4.43. The molecule has 72 valence electrons. The summed E-state index contributed by atoms with van der Waals surface area (Å²) in [5, 5.41) is 3.99. The molecule has 2 N–H and O–H groups in total. The van der Waals surface area contributed by atoms with E-state index in [1.54, 1.807) is 12.3 Å². The maximum absolute atomic E-state index is 11.3. The molecular weight excluding hydrogens is 166 g/mol. The largest absolute Gasteiger partial charge is 0.326 e. The zero-order valence-corrected chi connectivity index (χ0v) is 8.03. The van der Waals surface area contributed by atoms with Crippen LogP contribution in [0.15, 0.2) is 17.1 Å². The Hall–Kier alpha value is -1.16. The Balaban J connectivity index is 2.84. The van der Waals surface area contributed by atoms with Gasteiger partial charge in [-0.3, -0.25) is 4.79 Å². The van der Waals surface area contributed by atoms with Crippen LogP contribution in [0.3, 0.4) is 0 Å². The van der Waals surface area contributed by atoms with Crippen molar-refractivity contribution in [1.82, 2.24) is 9.78 Å². The van der Waals surface area contributed by atoms with E-state index in [0.717, 1.165) is 12.0 Å². The third-order valence-electron chi connectivity index (χ3n) is 1.94. The highest BCUT2D eigenvalue weighted by Crippen LogP contribution is 1.91. The van der Waals surface area contributed by atoms with Gasteiger partial charge in [0, 0.05) is 12.1 Å². The third-order valence-corrected chi connectivity index (χ3v) is 1.94. The molecule has 0 aromatic carbocycles. The molecule has 0 spiro atoms. The van der Waals surface area contributed by atoms with Gasteiger partial charge in [0.05, 0.1) is 12.7 Å². The van der Waals surface area contributed by atoms with E-state index in [9.17, 15) is 4.79 Å². The van der Waals surface area contributed by atoms with Crippen LogP contribution in [0.25, 0.3) is 0 Å². The summed E-state index contributed by atoms with van der Waals surface area (Å²) >= 11 is 0. The van der Waals surface area contributed by atoms with Crippen LogP contribution >= 0.6 is 0 Å². The molecular formula is C9H15N3O. The lowest BCUT2D eigenvalue weighted by Crippen LogP contribution is -2.32. The Morgan fingerprint density at radius 1 is 1.69 bits per heavy atom. The lowest BCUT2D eigenvalue weighted by Gasteiger charge is -2.09. The molecule has 0 saturated carbocycles. The summed E-state index contributed by atoms with van der Waals surface area (Å²) in [6.07, 6.45) is 2.52. The summed E-state index contributed by atoms with van der Waals surface area (Å²) in [4.78, 5) is 11.3. The van der Waals surface area contributed by atoms with Crippen LogP contribution in [-0.2, 0) is 6.54 Å². The molecule has 0 radical (unpaired) electrons. The van der Waals surface area contributed by atoms with Crippen LogP contribution < -0.4 is 11.3 Å². The molecule has 0 aliphatic rings. The molecule has 13 heavy (non-hydrogen) atoms. The van der Waals surface area contributed by atoms with Crippen molar-refractivity contribution >= 4 is 0 Å². The van der Waals surface area contributed by atoms with Crippen LogP contribution in [0.2, 0.25) is 0 Å². The van der Waals surface area contributed by atoms with Crippen molar-refractivity contribution < 1.29 is 0 Å². The van der Waals surface area contributed by atoms with E-state index in [-0.39, 0.29) is 11.6 Å². The summed E-state index contributed by atoms with van der Waals surface area (Å²) in [5.74, 6) is 0. The van der Waals surface area contributed by atoms with Crippen LogP contribution in [0.5, 0.6) is 0 Å². The highest BCUT2D eigenvalue weighted by atomic mass is 16.1. The fraction of sp³-hybridized carbons (Fsp3) is 0.556. The molecule has 0 fully saturated rings. The number of nitrogens with two attached hydrogens (primary N) is 1. The second-order valence-electron chi connectivity index (χ2n) is 3.22. The fourth-order valence-corrected chi connectivity index (χ4v) is 1.01. The second-order valence-corrected chi connectivity index (χ2v) is 3.22. The van der Waals surface area contributed by atoms with Crippen molar-refractivity contribution in [3.8, 4) is 0 Å². The third kappa shape index (κ3) is 2.66. The van der Waals surface area contributed by atoms with Crippen molar-refractivity contribution in [3.05, 3.63) is 28.2 Å². The van der Waals surface area contributed by atoms with Gasteiger partial charge in [0.2, 0.25) is 0 Å². The minimum Gasteiger partial charge on any atom is -0.326 e. The van der Waals surface area contributed by atoms with E-state index in [1.165, 1.54) is 4.68 Å². The van der Waals surface area contributed by atoms with Crippen molar-refractivity contribution in [2.24, 2.45) is 5.73 Å². The van der Waals surface area contributed by atoms with Crippen LogP contribution in [0.4, 0.5) is 0 Å². The average molecular weight is 181 g/mol. The number of hydrogen-bond donors (Lipinski definition) is 1. The Labute approximate surface area is 77.4 Å². The number of aromatic nitrogens is 2. The summed E-state index contributed by atoms with van der Waals surface area (Å²) in [5.41, 5.74) is 6.51. The van der Waals surface area contributed by atoms with Gasteiger partial charge in [0.25, 0.3) is 5.56 Å². The Kier molecular flexibility index (Phi) is 3.19. The summed E-state index contributed by atoms with van der Waals surface area (Å²) < 4.78 is 1.40. The summed E-state index contributed by atoms with van der Waals surface area (Å²) in [6.45, 7) is 4.33. The molecule has 1 rings (SSSR count). The van der Waals surface area contributed by atoms with Gasteiger partial charge in [-0.05, 0) is 18.9 Å². The first-order chi connectivity index (χ1) is 6.13. The first kappa shape index (κ1) is 9.92. The number of nitrogens with zero attached hydrogens (tertiary/aromatic N) is 2. The Morgan fingerprint density at radius 3 is 2.92 bits per heavy atom. The predicted octanol–water partition coefficient (Wildman–Crippen LogP) is 0.289. The minimum absolute atomic E-state index is 0.00732. The highest BCUT2D eigenvalue weighted by Gasteiger charge is 2.02. The number of aryl methyl sites for hydroxylation is 1. The molecule has 1 heterocycles. The van der Waals surface area contributed by atoms with Crippen molar-refractivity contribution in [2.75, 3.05) is 0 Å². The Morgan fingerprint density at radius 2 is 2.38 bits per heavy atom. The van der Waals surface area contributed by atoms with E-state index in [2.05, 4.69) is 5.10 Å². The van der Waals surface area contributed by atoms with E-state index in [1.807, 2.05) is 13.8 Å². The monoisotopic (exact) mass is 181 g/mol. The molecule has 1 aromatic heterocycles. The van der Waals surface area contributed by atoms with E-state index in [4.69, 9.17) is 5.73 Å². The van der Waals surface area contributed by atoms with Gasteiger partial charge in [0.15, 0.2) is 0 Å². The van der Waals surface area contributed by atoms with Gasteiger partial charge < -0.3 is 5.73 Å². The van der Waals surface area contributed by atoms with Gasteiger partial charge in [-0.15, -0.1) is 0 Å². The van der Waals surface area contributed by atoms with Crippen molar-refractivity contribution in [3.63, 3.8) is 0 Å². The van der Waals surface area contributed by atoms with Crippen molar-refractivity contribution in [1.29, 1.82) is 0 Å². The fourth-order valence-electron chi connectivity index (χ4n) is 1.01. The number of hydrogen-bond acceptors (Lipinski definition) is 3. The number of rotatable bonds is 3. The van der Waals surface area contributed by atoms with E-state index >= 15 is 0 Å². The average Bonchev–Trinajstić information content (AvgIpc) is 2.09. The maximum Gasteiger partial charge on any atom is 0.267 e. The predicted molar refractivity (Wildman–Crippen MR) is 51.5 cm³/mol. The molecule has 0 amide bonds. The first-order valence-corrected chi connectivity index (χ1v) is 4.43. The molecule has 0 saturated heterocycles. The molecule has 1 atom stereocenters. The highest BCUT2D eigenvalue weighted by molar-refractivity contribution is 5.02. The van der Waals surface area contributed by atoms with E-state index < -0.39 is 0 Å². The zero-order valence-electron chi connectivity index (χ0n) is 8.03. The smallest absolute Gasteiger partial charge is 0.267 e. The second kappa shape index (κ2) is 4.18. The zero-order chi connectivity index (χ0) is 9.84. The van der Waals surface area contributed by atoms with Gasteiger partial charge in [-0.1, -0.05) is 6.92 Å².